The number of aliphatic imine (C=N–C) groups is 1. The van der Waals surface area contributed by atoms with Crippen molar-refractivity contribution < 1.29 is 9.47 Å². The summed E-state index contributed by atoms with van der Waals surface area (Å²) in [5, 5.41) is 3.02. The van der Waals surface area contributed by atoms with Crippen molar-refractivity contribution in [3.63, 3.8) is 0 Å². The summed E-state index contributed by atoms with van der Waals surface area (Å²) in [6.45, 7) is 0.216. The highest BCUT2D eigenvalue weighted by Crippen LogP contribution is 2.42. The van der Waals surface area contributed by atoms with Crippen LogP contribution in [0.5, 0.6) is 11.5 Å². The van der Waals surface area contributed by atoms with Gasteiger partial charge in [0.25, 0.3) is 0 Å². The molecule has 0 saturated carbocycles. The number of aromatic nitrogens is 2. The van der Waals surface area contributed by atoms with Crippen LogP contribution in [-0.2, 0) is 0 Å². The molecule has 0 bridgehead atoms. The number of anilines is 1. The van der Waals surface area contributed by atoms with Crippen LogP contribution < -0.4 is 20.5 Å². The van der Waals surface area contributed by atoms with Gasteiger partial charge in [-0.3, -0.25) is 9.88 Å². The number of ether oxygens (including phenoxy) is 2. The second kappa shape index (κ2) is 4.39. The fourth-order valence-electron chi connectivity index (χ4n) is 3.08. The van der Waals surface area contributed by atoms with Crippen LogP contribution in [0.3, 0.4) is 0 Å². The molecule has 0 unspecified atom stereocenters. The average Bonchev–Trinajstić information content (AvgIpc) is 3.17. The number of guanidine groups is 1. The number of fused-ring (bicyclic) bond motifs is 4. The first kappa shape index (κ1) is 12.3. The maximum absolute atomic E-state index is 5.96. The molecular formula is C16H13N5O2. The summed E-state index contributed by atoms with van der Waals surface area (Å²) in [6, 6.07) is 13.7. The van der Waals surface area contributed by atoms with Crippen molar-refractivity contribution >= 4 is 22.9 Å². The van der Waals surface area contributed by atoms with Crippen LogP contribution in [0.15, 0.2) is 47.5 Å². The number of nitrogens with one attached hydrogen (secondary N) is 1. The predicted octanol–water partition coefficient (Wildman–Crippen LogP) is 2.05. The molecular weight excluding hydrogens is 294 g/mol. The maximum atomic E-state index is 5.96. The van der Waals surface area contributed by atoms with E-state index in [1.54, 1.807) is 0 Å². The lowest BCUT2D eigenvalue weighted by molar-refractivity contribution is 0.173. The number of benzene rings is 2. The molecule has 0 amide bonds. The van der Waals surface area contributed by atoms with E-state index in [-0.39, 0.29) is 13.0 Å². The minimum Gasteiger partial charge on any atom is -0.454 e. The van der Waals surface area contributed by atoms with E-state index in [9.17, 15) is 0 Å². The topological polar surface area (TPSA) is 86.7 Å². The zero-order valence-electron chi connectivity index (χ0n) is 12.1. The molecule has 23 heavy (non-hydrogen) atoms. The monoisotopic (exact) mass is 307 g/mol. The second-order valence-electron chi connectivity index (χ2n) is 5.39. The standard InChI is InChI=1S/C16H13N5O2/c17-15-19-14(9-4-3-7-12-13(9)23-8-22-12)21-11-6-2-1-5-10(11)18-16(21)20-15/h1-7,14H,8H2,(H3,17,18,19,20)/t14-/m1/s1. The lowest BCUT2D eigenvalue weighted by Gasteiger charge is -2.24. The van der Waals surface area contributed by atoms with Crippen molar-refractivity contribution in [2.24, 2.45) is 10.7 Å². The second-order valence-corrected chi connectivity index (χ2v) is 5.39. The Hall–Kier alpha value is -3.22. The first-order valence-corrected chi connectivity index (χ1v) is 7.27. The van der Waals surface area contributed by atoms with Gasteiger partial charge in [0.2, 0.25) is 12.7 Å². The minimum atomic E-state index is -0.352. The summed E-state index contributed by atoms with van der Waals surface area (Å²) in [5.41, 5.74) is 8.72. The highest BCUT2D eigenvalue weighted by atomic mass is 16.7. The van der Waals surface area contributed by atoms with Crippen LogP contribution >= 0.6 is 0 Å². The molecule has 3 aromatic rings. The van der Waals surface area contributed by atoms with Crippen molar-refractivity contribution in [1.82, 2.24) is 9.55 Å². The molecule has 7 heteroatoms. The Morgan fingerprint density at radius 1 is 1.13 bits per heavy atom. The van der Waals surface area contributed by atoms with Gasteiger partial charge in [0.15, 0.2) is 23.6 Å². The van der Waals surface area contributed by atoms with Crippen molar-refractivity contribution in [3.8, 4) is 11.5 Å². The molecule has 3 heterocycles. The summed E-state index contributed by atoms with van der Waals surface area (Å²) in [5.74, 6) is 2.43. The van der Waals surface area contributed by atoms with E-state index in [1.807, 2.05) is 47.0 Å². The van der Waals surface area contributed by atoms with Gasteiger partial charge in [0, 0.05) is 5.56 Å². The van der Waals surface area contributed by atoms with Gasteiger partial charge < -0.3 is 15.2 Å². The van der Waals surface area contributed by atoms with Crippen LogP contribution in [0.2, 0.25) is 0 Å². The molecule has 2 aliphatic rings. The number of hydrogen-bond donors (Lipinski definition) is 2. The molecule has 3 N–H and O–H groups in total. The zero-order valence-corrected chi connectivity index (χ0v) is 12.1. The highest BCUT2D eigenvalue weighted by molar-refractivity contribution is 5.94. The van der Waals surface area contributed by atoms with Crippen LogP contribution in [0, 0.1) is 0 Å². The third-order valence-corrected chi connectivity index (χ3v) is 4.05. The molecule has 2 aliphatic heterocycles. The number of rotatable bonds is 1. The summed E-state index contributed by atoms with van der Waals surface area (Å²) < 4.78 is 13.1. The molecule has 7 nitrogen and oxygen atoms in total. The van der Waals surface area contributed by atoms with E-state index in [0.717, 1.165) is 22.3 Å². The van der Waals surface area contributed by atoms with Crippen LogP contribution in [0.4, 0.5) is 5.95 Å². The number of imidazole rings is 1. The highest BCUT2D eigenvalue weighted by Gasteiger charge is 2.30. The van der Waals surface area contributed by atoms with Gasteiger partial charge in [-0.1, -0.05) is 24.3 Å². The van der Waals surface area contributed by atoms with Crippen molar-refractivity contribution in [2.75, 3.05) is 12.1 Å². The number of nitrogens with zero attached hydrogens (tertiary/aromatic N) is 3. The smallest absolute Gasteiger partial charge is 0.231 e. The van der Waals surface area contributed by atoms with Crippen molar-refractivity contribution in [1.29, 1.82) is 0 Å². The van der Waals surface area contributed by atoms with E-state index in [0.29, 0.717) is 17.7 Å². The fourth-order valence-corrected chi connectivity index (χ4v) is 3.08. The largest absolute Gasteiger partial charge is 0.454 e. The molecule has 5 rings (SSSR count). The molecule has 1 aromatic heterocycles. The summed E-state index contributed by atoms with van der Waals surface area (Å²) in [4.78, 5) is 9.16. The SMILES string of the molecule is NC1=N[C@@H](c2cccc3c2OCO3)n2c(nc3ccccc32)N1. The first-order chi connectivity index (χ1) is 11.3. The number of hydrogen-bond acceptors (Lipinski definition) is 6. The van der Waals surface area contributed by atoms with Gasteiger partial charge in [0.1, 0.15) is 0 Å². The lowest BCUT2D eigenvalue weighted by atomic mass is 10.1. The van der Waals surface area contributed by atoms with Crippen molar-refractivity contribution in [2.45, 2.75) is 6.17 Å². The Balaban J connectivity index is 1.78. The Bertz CT molecular complexity index is 962. The van der Waals surface area contributed by atoms with E-state index in [1.165, 1.54) is 0 Å². The lowest BCUT2D eigenvalue weighted by Crippen LogP contribution is -2.31. The molecule has 114 valence electrons. The number of nitrogens with two attached hydrogens (primary N) is 1. The zero-order chi connectivity index (χ0) is 15.4. The Morgan fingerprint density at radius 3 is 3.00 bits per heavy atom. The molecule has 2 aromatic carbocycles. The molecule has 1 atom stereocenters. The van der Waals surface area contributed by atoms with Gasteiger partial charge in [-0.25, -0.2) is 9.98 Å². The third-order valence-electron chi connectivity index (χ3n) is 4.05. The average molecular weight is 307 g/mol. The van der Waals surface area contributed by atoms with Gasteiger partial charge in [-0.05, 0) is 18.2 Å². The maximum Gasteiger partial charge on any atom is 0.231 e. The fraction of sp³-hybridized carbons (Fsp3) is 0.125. The van der Waals surface area contributed by atoms with Gasteiger partial charge in [-0.15, -0.1) is 0 Å². The Kier molecular flexibility index (Phi) is 2.35. The summed E-state index contributed by atoms with van der Waals surface area (Å²) in [7, 11) is 0. The van der Waals surface area contributed by atoms with Crippen LogP contribution in [0.1, 0.15) is 11.7 Å². The molecule has 0 aliphatic carbocycles. The molecule has 0 spiro atoms. The Morgan fingerprint density at radius 2 is 2.04 bits per heavy atom. The quantitative estimate of drug-likeness (QED) is 0.718. The minimum absolute atomic E-state index is 0.216. The summed E-state index contributed by atoms with van der Waals surface area (Å²) >= 11 is 0. The van der Waals surface area contributed by atoms with E-state index >= 15 is 0 Å². The predicted molar refractivity (Wildman–Crippen MR) is 85.7 cm³/mol. The molecule has 0 radical (unpaired) electrons. The Labute approximate surface area is 131 Å². The third kappa shape index (κ3) is 1.70. The van der Waals surface area contributed by atoms with E-state index in [4.69, 9.17) is 15.2 Å². The molecule has 0 saturated heterocycles. The van der Waals surface area contributed by atoms with Gasteiger partial charge >= 0.3 is 0 Å². The van der Waals surface area contributed by atoms with Crippen molar-refractivity contribution in [3.05, 3.63) is 48.0 Å². The van der Waals surface area contributed by atoms with Gasteiger partial charge in [-0.2, -0.15) is 0 Å². The van der Waals surface area contributed by atoms with Crippen LogP contribution in [0.25, 0.3) is 11.0 Å². The first-order valence-electron chi connectivity index (χ1n) is 7.27. The molecule has 0 fully saturated rings. The van der Waals surface area contributed by atoms with Crippen LogP contribution in [-0.4, -0.2) is 22.3 Å². The van der Waals surface area contributed by atoms with E-state index < -0.39 is 0 Å². The summed E-state index contributed by atoms with van der Waals surface area (Å²) in [6.07, 6.45) is -0.352. The number of para-hydroxylation sites is 3. The normalized spacial score (nSPS) is 18.4. The van der Waals surface area contributed by atoms with E-state index in [2.05, 4.69) is 15.3 Å². The van der Waals surface area contributed by atoms with Gasteiger partial charge in [0.05, 0.1) is 11.0 Å².